The van der Waals surface area contributed by atoms with Crippen molar-refractivity contribution in [3.63, 3.8) is 0 Å². The Morgan fingerprint density at radius 2 is 1.84 bits per heavy atom. The predicted octanol–water partition coefficient (Wildman–Crippen LogP) is 3.80. The highest BCUT2D eigenvalue weighted by Crippen LogP contribution is 2.41. The number of amides is 3. The van der Waals surface area contributed by atoms with Crippen LogP contribution in [0.15, 0.2) is 12.1 Å². The minimum atomic E-state index is -4.75. The summed E-state index contributed by atoms with van der Waals surface area (Å²) in [6, 6.07) is 1.21. The molecule has 1 spiro atoms. The third-order valence-corrected chi connectivity index (χ3v) is 6.92. The van der Waals surface area contributed by atoms with Crippen LogP contribution in [0.25, 0.3) is 0 Å². The van der Waals surface area contributed by atoms with Crippen molar-refractivity contribution >= 4 is 29.2 Å². The van der Waals surface area contributed by atoms with E-state index in [-0.39, 0.29) is 12.2 Å². The molecule has 4 rings (SSSR count). The lowest BCUT2D eigenvalue weighted by molar-refractivity contribution is -0.141. The molecule has 0 aliphatic carbocycles. The first-order chi connectivity index (χ1) is 15.2. The number of likely N-dealkylation sites (tertiary alicyclic amines) is 1. The van der Waals surface area contributed by atoms with Crippen LogP contribution in [0.3, 0.4) is 0 Å². The number of likely N-dealkylation sites (N-methyl/N-ethyl adjacent to an activating group) is 1. The predicted molar refractivity (Wildman–Crippen MR) is 111 cm³/mol. The van der Waals surface area contributed by atoms with Crippen LogP contribution in [0.5, 0.6) is 0 Å². The Balaban J connectivity index is 1.56. The van der Waals surface area contributed by atoms with Crippen LogP contribution in [-0.4, -0.2) is 71.7 Å². The average molecular weight is 475 g/mol. The molecule has 11 heteroatoms. The van der Waals surface area contributed by atoms with Gasteiger partial charge in [-0.1, -0.05) is 11.6 Å². The minimum Gasteiger partial charge on any atom is -0.381 e. The molecule has 0 saturated carbocycles. The van der Waals surface area contributed by atoms with Gasteiger partial charge in [-0.05, 0) is 50.7 Å². The third kappa shape index (κ3) is 4.20. The maximum Gasteiger partial charge on any atom is 0.433 e. The largest absolute Gasteiger partial charge is 0.433 e. The molecule has 1 aromatic heterocycles. The Morgan fingerprint density at radius 1 is 1.19 bits per heavy atom. The Labute approximate surface area is 189 Å². The summed E-state index contributed by atoms with van der Waals surface area (Å²) in [6.45, 7) is 5.80. The second kappa shape index (κ2) is 8.79. The number of piperidine rings is 1. The highest BCUT2D eigenvalue weighted by Gasteiger charge is 2.58. The first-order valence-electron chi connectivity index (χ1n) is 10.9. The van der Waals surface area contributed by atoms with Gasteiger partial charge in [0.15, 0.2) is 0 Å². The molecule has 0 aromatic carbocycles. The number of imide groups is 1. The summed E-state index contributed by atoms with van der Waals surface area (Å²) in [5.41, 5.74) is -2.49. The summed E-state index contributed by atoms with van der Waals surface area (Å²) in [7, 11) is 0. The number of aromatic nitrogens is 1. The van der Waals surface area contributed by atoms with E-state index in [4.69, 9.17) is 16.3 Å². The van der Waals surface area contributed by atoms with Crippen LogP contribution in [0.1, 0.15) is 38.3 Å². The van der Waals surface area contributed by atoms with Gasteiger partial charge in [-0.2, -0.15) is 13.2 Å². The third-order valence-electron chi connectivity index (χ3n) is 6.72. The number of nitrogens with zero attached hydrogens (tertiary/aromatic N) is 4. The van der Waals surface area contributed by atoms with Crippen molar-refractivity contribution in [2.24, 2.45) is 5.92 Å². The fourth-order valence-electron chi connectivity index (χ4n) is 5.02. The molecule has 0 atom stereocenters. The number of carbonyl (C=O) groups is 2. The molecule has 3 aliphatic rings. The highest BCUT2D eigenvalue weighted by molar-refractivity contribution is 6.30. The lowest BCUT2D eigenvalue weighted by atomic mass is 9.85. The molecular weight excluding hydrogens is 449 g/mol. The number of anilines is 1. The molecule has 0 radical (unpaired) electrons. The zero-order valence-corrected chi connectivity index (χ0v) is 18.6. The van der Waals surface area contributed by atoms with Crippen molar-refractivity contribution in [2.45, 2.75) is 44.3 Å². The van der Waals surface area contributed by atoms with E-state index in [1.807, 2.05) is 0 Å². The molecule has 0 bridgehead atoms. The standard InChI is InChI=1S/C21H26ClF3N4O3/c1-2-28-19(31)29(15-11-16(21(23,24)25)26-17(22)12-15)18(30)20(28)5-7-27(8-6-20)13-14-3-9-32-10-4-14/h11-12,14H,2-10,13H2,1H3. The van der Waals surface area contributed by atoms with E-state index in [1.165, 1.54) is 4.90 Å². The van der Waals surface area contributed by atoms with E-state index < -0.39 is 34.5 Å². The molecule has 4 heterocycles. The average Bonchev–Trinajstić information content (AvgIpc) is 2.95. The SMILES string of the molecule is CCN1C(=O)N(c2cc(Cl)nc(C(F)(F)F)c2)C(=O)C12CCN(CC1CCOCC1)CC2. The Morgan fingerprint density at radius 3 is 2.44 bits per heavy atom. The van der Waals surface area contributed by atoms with E-state index in [1.54, 1.807) is 6.92 Å². The minimum absolute atomic E-state index is 0.202. The number of hydrogen-bond donors (Lipinski definition) is 0. The maximum absolute atomic E-state index is 13.5. The number of hydrogen-bond acceptors (Lipinski definition) is 5. The Kier molecular flexibility index (Phi) is 6.39. The van der Waals surface area contributed by atoms with Gasteiger partial charge >= 0.3 is 12.2 Å². The molecule has 176 valence electrons. The molecule has 3 saturated heterocycles. The summed E-state index contributed by atoms with van der Waals surface area (Å²) in [5, 5.41) is -0.425. The number of carbonyl (C=O) groups excluding carboxylic acids is 2. The zero-order chi connectivity index (χ0) is 23.1. The van der Waals surface area contributed by atoms with Crippen molar-refractivity contribution in [1.82, 2.24) is 14.8 Å². The summed E-state index contributed by atoms with van der Waals surface area (Å²) in [6.07, 6.45) is -1.84. The van der Waals surface area contributed by atoms with Crippen LogP contribution in [0.4, 0.5) is 23.7 Å². The van der Waals surface area contributed by atoms with Crippen molar-refractivity contribution in [3.8, 4) is 0 Å². The van der Waals surface area contributed by atoms with Crippen molar-refractivity contribution in [3.05, 3.63) is 23.0 Å². The van der Waals surface area contributed by atoms with Gasteiger partial charge in [0, 0.05) is 39.4 Å². The number of halogens is 4. The van der Waals surface area contributed by atoms with Crippen LogP contribution in [0, 0.1) is 5.92 Å². The van der Waals surface area contributed by atoms with Gasteiger partial charge in [0.1, 0.15) is 16.4 Å². The van der Waals surface area contributed by atoms with Gasteiger partial charge < -0.3 is 14.5 Å². The van der Waals surface area contributed by atoms with Crippen LogP contribution >= 0.6 is 11.6 Å². The van der Waals surface area contributed by atoms with Crippen molar-refractivity contribution < 1.29 is 27.5 Å². The van der Waals surface area contributed by atoms with Crippen LogP contribution in [-0.2, 0) is 15.7 Å². The first-order valence-corrected chi connectivity index (χ1v) is 11.2. The topological polar surface area (TPSA) is 66.0 Å². The van der Waals surface area contributed by atoms with E-state index in [2.05, 4.69) is 9.88 Å². The zero-order valence-electron chi connectivity index (χ0n) is 17.8. The van der Waals surface area contributed by atoms with E-state index in [0.29, 0.717) is 37.9 Å². The molecule has 1 aromatic rings. The molecule has 32 heavy (non-hydrogen) atoms. The Bertz CT molecular complexity index is 884. The van der Waals surface area contributed by atoms with Gasteiger partial charge in [-0.15, -0.1) is 0 Å². The second-order valence-electron chi connectivity index (χ2n) is 8.59. The van der Waals surface area contributed by atoms with Gasteiger partial charge in [-0.3, -0.25) is 4.79 Å². The summed E-state index contributed by atoms with van der Waals surface area (Å²) >= 11 is 5.80. The molecule has 3 fully saturated rings. The van der Waals surface area contributed by atoms with Gasteiger partial charge in [-0.25, -0.2) is 14.7 Å². The van der Waals surface area contributed by atoms with Gasteiger partial charge in [0.25, 0.3) is 5.91 Å². The monoisotopic (exact) mass is 474 g/mol. The highest BCUT2D eigenvalue weighted by atomic mass is 35.5. The van der Waals surface area contributed by atoms with Crippen molar-refractivity contribution in [2.75, 3.05) is 44.3 Å². The molecule has 0 N–H and O–H groups in total. The quantitative estimate of drug-likeness (QED) is 0.490. The molecular formula is C21H26ClF3N4O3. The van der Waals surface area contributed by atoms with Gasteiger partial charge in [0.05, 0.1) is 5.69 Å². The van der Waals surface area contributed by atoms with Crippen LogP contribution < -0.4 is 4.90 Å². The lowest BCUT2D eigenvalue weighted by Gasteiger charge is -2.43. The summed E-state index contributed by atoms with van der Waals surface area (Å²) < 4.78 is 45.1. The summed E-state index contributed by atoms with van der Waals surface area (Å²) in [4.78, 5) is 34.6. The maximum atomic E-state index is 13.5. The molecule has 7 nitrogen and oxygen atoms in total. The normalized spacial score (nSPS) is 22.9. The first kappa shape index (κ1) is 23.3. The van der Waals surface area contributed by atoms with Crippen molar-refractivity contribution in [1.29, 1.82) is 0 Å². The molecule has 0 unspecified atom stereocenters. The fraction of sp³-hybridized carbons (Fsp3) is 0.667. The number of alkyl halides is 3. The molecule has 3 amide bonds. The fourth-order valence-corrected chi connectivity index (χ4v) is 5.22. The number of rotatable bonds is 4. The van der Waals surface area contributed by atoms with E-state index in [9.17, 15) is 22.8 Å². The number of ether oxygens (including phenoxy) is 1. The Hall–Kier alpha value is -1.91. The number of urea groups is 1. The van der Waals surface area contributed by atoms with E-state index >= 15 is 0 Å². The second-order valence-corrected chi connectivity index (χ2v) is 8.97. The molecule has 3 aliphatic heterocycles. The smallest absolute Gasteiger partial charge is 0.381 e. The number of pyridine rings is 1. The van der Waals surface area contributed by atoms with E-state index in [0.717, 1.165) is 43.6 Å². The summed E-state index contributed by atoms with van der Waals surface area (Å²) in [5.74, 6) is 0.0581. The lowest BCUT2D eigenvalue weighted by Crippen LogP contribution is -2.57. The van der Waals surface area contributed by atoms with Crippen LogP contribution in [0.2, 0.25) is 5.15 Å². The van der Waals surface area contributed by atoms with Gasteiger partial charge in [0.2, 0.25) is 0 Å².